The van der Waals surface area contributed by atoms with E-state index in [0.29, 0.717) is 22.7 Å². The van der Waals surface area contributed by atoms with Crippen molar-refractivity contribution in [2.45, 2.75) is 6.54 Å². The van der Waals surface area contributed by atoms with Crippen LogP contribution >= 0.6 is 11.6 Å². The molecule has 4 nitrogen and oxygen atoms in total. The van der Waals surface area contributed by atoms with Crippen molar-refractivity contribution in [2.75, 3.05) is 0 Å². The molecule has 29 heavy (non-hydrogen) atoms. The minimum atomic E-state index is -0.326. The molecule has 0 aliphatic heterocycles. The molecule has 1 N–H and O–H groups in total. The maximum Gasteiger partial charge on any atom is 0.271 e. The monoisotopic (exact) mass is 405 g/mol. The lowest BCUT2D eigenvalue weighted by atomic mass is 10.2. The summed E-state index contributed by atoms with van der Waals surface area (Å²) in [6.45, 7) is 0.401. The van der Waals surface area contributed by atoms with Gasteiger partial charge in [0.05, 0.1) is 12.8 Å². The van der Waals surface area contributed by atoms with Gasteiger partial charge in [0.2, 0.25) is 0 Å². The number of halogens is 2. The highest BCUT2D eigenvalue weighted by molar-refractivity contribution is 6.30. The molecule has 1 amide bonds. The number of hydrazone groups is 1. The third-order valence-corrected chi connectivity index (χ3v) is 4.85. The predicted octanol–water partition coefficient (Wildman–Crippen LogP) is 5.25. The average Bonchev–Trinajstić information content (AvgIpc) is 3.08. The molecular formula is C23H17ClFN3O. The molecule has 4 aromatic rings. The zero-order chi connectivity index (χ0) is 20.2. The number of para-hydroxylation sites is 1. The molecule has 0 spiro atoms. The van der Waals surface area contributed by atoms with Crippen LogP contribution in [-0.2, 0) is 6.54 Å². The molecule has 6 heteroatoms. The van der Waals surface area contributed by atoms with E-state index in [-0.39, 0.29) is 11.7 Å². The lowest BCUT2D eigenvalue weighted by Gasteiger charge is -2.06. The Bertz CT molecular complexity index is 1200. The van der Waals surface area contributed by atoms with Gasteiger partial charge in [0.1, 0.15) is 5.82 Å². The Morgan fingerprint density at radius 1 is 1.03 bits per heavy atom. The van der Waals surface area contributed by atoms with Gasteiger partial charge in [-0.2, -0.15) is 5.10 Å². The fourth-order valence-electron chi connectivity index (χ4n) is 3.15. The topological polar surface area (TPSA) is 46.4 Å². The number of rotatable bonds is 5. The van der Waals surface area contributed by atoms with Crippen molar-refractivity contribution >= 4 is 34.6 Å². The Labute approximate surface area is 172 Å². The van der Waals surface area contributed by atoms with Gasteiger partial charge in [0, 0.05) is 38.8 Å². The van der Waals surface area contributed by atoms with Gasteiger partial charge in [0.25, 0.3) is 5.91 Å². The largest absolute Gasteiger partial charge is 0.342 e. The van der Waals surface area contributed by atoms with Crippen LogP contribution < -0.4 is 5.43 Å². The third-order valence-electron chi connectivity index (χ3n) is 4.59. The first kappa shape index (κ1) is 18.9. The summed E-state index contributed by atoms with van der Waals surface area (Å²) in [6, 6.07) is 21.1. The van der Waals surface area contributed by atoms with E-state index >= 15 is 0 Å². The van der Waals surface area contributed by atoms with Crippen LogP contribution in [0.15, 0.2) is 84.1 Å². The highest BCUT2D eigenvalue weighted by Gasteiger charge is 2.09. The van der Waals surface area contributed by atoms with Gasteiger partial charge in [-0.3, -0.25) is 4.79 Å². The molecule has 0 saturated carbocycles. The maximum atomic E-state index is 14.1. The molecule has 0 aliphatic rings. The second-order valence-electron chi connectivity index (χ2n) is 6.53. The number of carbonyl (C=O) groups is 1. The van der Waals surface area contributed by atoms with E-state index in [2.05, 4.69) is 10.5 Å². The molecule has 1 heterocycles. The second-order valence-corrected chi connectivity index (χ2v) is 6.96. The highest BCUT2D eigenvalue weighted by Crippen LogP contribution is 2.22. The first-order chi connectivity index (χ1) is 14.1. The number of fused-ring (bicyclic) bond motifs is 1. The number of carbonyl (C=O) groups excluding carboxylic acids is 1. The lowest BCUT2D eigenvalue weighted by molar-refractivity contribution is 0.0955. The molecule has 144 valence electrons. The van der Waals surface area contributed by atoms with Gasteiger partial charge < -0.3 is 4.57 Å². The van der Waals surface area contributed by atoms with E-state index in [4.69, 9.17) is 11.6 Å². The maximum absolute atomic E-state index is 14.1. The molecule has 3 aromatic carbocycles. The van der Waals surface area contributed by atoms with Crippen molar-refractivity contribution < 1.29 is 9.18 Å². The van der Waals surface area contributed by atoms with Crippen molar-refractivity contribution in [3.8, 4) is 0 Å². The summed E-state index contributed by atoms with van der Waals surface area (Å²) in [5.41, 5.74) is 5.38. The Hall–Kier alpha value is -3.44. The van der Waals surface area contributed by atoms with Crippen molar-refractivity contribution in [1.82, 2.24) is 9.99 Å². The molecule has 0 unspecified atom stereocenters. The molecule has 0 fully saturated rings. The smallest absolute Gasteiger partial charge is 0.271 e. The van der Waals surface area contributed by atoms with Crippen LogP contribution in [0.4, 0.5) is 4.39 Å². The third kappa shape index (κ3) is 4.20. The Morgan fingerprint density at radius 2 is 1.76 bits per heavy atom. The van der Waals surface area contributed by atoms with E-state index in [0.717, 1.165) is 16.5 Å². The summed E-state index contributed by atoms with van der Waals surface area (Å²) in [5.74, 6) is -0.566. The van der Waals surface area contributed by atoms with E-state index < -0.39 is 0 Å². The highest BCUT2D eigenvalue weighted by atomic mass is 35.5. The molecule has 0 bridgehead atoms. The second kappa shape index (κ2) is 8.29. The van der Waals surface area contributed by atoms with E-state index in [1.54, 1.807) is 42.6 Å². The van der Waals surface area contributed by atoms with Gasteiger partial charge in [0.15, 0.2) is 0 Å². The number of hydrogen-bond donors (Lipinski definition) is 1. The van der Waals surface area contributed by atoms with Gasteiger partial charge in [-0.15, -0.1) is 0 Å². The van der Waals surface area contributed by atoms with Crippen molar-refractivity contribution in [3.05, 3.63) is 107 Å². The van der Waals surface area contributed by atoms with Crippen LogP contribution in [0.25, 0.3) is 10.9 Å². The van der Waals surface area contributed by atoms with Crippen LogP contribution in [0.5, 0.6) is 0 Å². The summed E-state index contributed by atoms with van der Waals surface area (Å²) in [5, 5.41) is 5.61. The standard InChI is InChI=1S/C23H17ClFN3O/c24-19-11-9-16(10-12-19)23(29)27-26-13-18-15-28(22-8-4-2-6-20(18)22)14-17-5-1-3-7-21(17)25/h1-13,15H,14H2,(H,27,29)/b26-13-. The zero-order valence-corrected chi connectivity index (χ0v) is 16.1. The van der Waals surface area contributed by atoms with Crippen molar-refractivity contribution in [1.29, 1.82) is 0 Å². The quantitative estimate of drug-likeness (QED) is 0.358. The van der Waals surface area contributed by atoms with Crippen LogP contribution in [0.3, 0.4) is 0 Å². The van der Waals surface area contributed by atoms with Gasteiger partial charge in [-0.05, 0) is 36.4 Å². The molecular weight excluding hydrogens is 389 g/mol. The predicted molar refractivity (Wildman–Crippen MR) is 114 cm³/mol. The molecule has 4 rings (SSSR count). The fraction of sp³-hybridized carbons (Fsp3) is 0.0435. The first-order valence-corrected chi connectivity index (χ1v) is 9.40. The minimum Gasteiger partial charge on any atom is -0.342 e. The van der Waals surface area contributed by atoms with Crippen LogP contribution in [-0.4, -0.2) is 16.7 Å². The first-order valence-electron chi connectivity index (χ1n) is 9.02. The molecule has 0 atom stereocenters. The van der Waals surface area contributed by atoms with Crippen LogP contribution in [0.1, 0.15) is 21.5 Å². The number of hydrogen-bond acceptors (Lipinski definition) is 2. The molecule has 0 radical (unpaired) electrons. The summed E-state index contributed by atoms with van der Waals surface area (Å²) in [6.07, 6.45) is 3.49. The Morgan fingerprint density at radius 3 is 2.55 bits per heavy atom. The van der Waals surface area contributed by atoms with E-state index in [1.807, 2.05) is 41.1 Å². The SMILES string of the molecule is O=C(N/N=C\c1cn(Cc2ccccc2F)c2ccccc12)c1ccc(Cl)cc1. The average molecular weight is 406 g/mol. The number of nitrogens with one attached hydrogen (secondary N) is 1. The zero-order valence-electron chi connectivity index (χ0n) is 15.3. The van der Waals surface area contributed by atoms with Gasteiger partial charge in [-0.25, -0.2) is 9.82 Å². The molecule has 0 aliphatic carbocycles. The lowest BCUT2D eigenvalue weighted by Crippen LogP contribution is -2.17. The van der Waals surface area contributed by atoms with E-state index in [9.17, 15) is 9.18 Å². The van der Waals surface area contributed by atoms with Gasteiger partial charge in [-0.1, -0.05) is 48.0 Å². The number of amides is 1. The normalized spacial score (nSPS) is 11.2. The summed E-state index contributed by atoms with van der Waals surface area (Å²) in [7, 11) is 0. The van der Waals surface area contributed by atoms with Gasteiger partial charge >= 0.3 is 0 Å². The Balaban J connectivity index is 1.57. The summed E-state index contributed by atoms with van der Waals surface area (Å²) >= 11 is 5.84. The van der Waals surface area contributed by atoms with Crippen molar-refractivity contribution in [2.24, 2.45) is 5.10 Å². The minimum absolute atomic E-state index is 0.240. The van der Waals surface area contributed by atoms with Crippen molar-refractivity contribution in [3.63, 3.8) is 0 Å². The summed E-state index contributed by atoms with van der Waals surface area (Å²) in [4.78, 5) is 12.2. The number of benzene rings is 3. The number of nitrogens with zero attached hydrogens (tertiary/aromatic N) is 2. The van der Waals surface area contributed by atoms with Crippen LogP contribution in [0, 0.1) is 5.82 Å². The van der Waals surface area contributed by atoms with Crippen LogP contribution in [0.2, 0.25) is 5.02 Å². The fourth-order valence-corrected chi connectivity index (χ4v) is 3.27. The van der Waals surface area contributed by atoms with E-state index in [1.165, 1.54) is 6.07 Å². The summed E-state index contributed by atoms with van der Waals surface area (Å²) < 4.78 is 16.0. The Kier molecular flexibility index (Phi) is 5.40. The molecule has 0 saturated heterocycles. The number of aromatic nitrogens is 1. The molecule has 1 aromatic heterocycles.